The number of hydrogen-bond donors (Lipinski definition) is 0. The van der Waals surface area contributed by atoms with E-state index in [1.807, 2.05) is 0 Å². The Bertz CT molecular complexity index is 1230. The molecule has 1 fully saturated rings. The first kappa shape index (κ1) is 22.1. The highest BCUT2D eigenvalue weighted by Gasteiger charge is 2.32. The van der Waals surface area contributed by atoms with Crippen LogP contribution in [0.2, 0.25) is 5.02 Å². The summed E-state index contributed by atoms with van der Waals surface area (Å²) >= 11 is 12.9. The molecule has 7 nitrogen and oxygen atoms in total. The molecule has 0 atom stereocenters. The van der Waals surface area contributed by atoms with Crippen molar-refractivity contribution in [1.82, 2.24) is 4.90 Å². The van der Waals surface area contributed by atoms with Crippen molar-refractivity contribution in [1.29, 1.82) is 0 Å². The zero-order chi connectivity index (χ0) is 22.7. The molecule has 2 heterocycles. The lowest BCUT2D eigenvalue weighted by Gasteiger charge is -2.12. The number of nitro benzene ring substituents is 1. The third kappa shape index (κ3) is 5.01. The van der Waals surface area contributed by atoms with Crippen LogP contribution in [0.4, 0.5) is 5.69 Å². The Kier molecular flexibility index (Phi) is 6.59. The molecule has 1 aromatic heterocycles. The minimum Gasteiger partial charge on any atom is -0.487 e. The van der Waals surface area contributed by atoms with Crippen molar-refractivity contribution in [2.45, 2.75) is 13.2 Å². The lowest BCUT2D eigenvalue weighted by Crippen LogP contribution is -2.27. The highest BCUT2D eigenvalue weighted by atomic mass is 35.5. The summed E-state index contributed by atoms with van der Waals surface area (Å²) in [6.45, 7) is 0.409. The SMILES string of the molecule is O=C1/C(=C/c2ccc(OCc3cccc([N+](=O)[O-])c3)c(Cl)c2)SC(=S)N1Cc1ccco1. The number of carbonyl (C=O) groups excluding carboxylic acids is 1. The van der Waals surface area contributed by atoms with Crippen LogP contribution in [0.1, 0.15) is 16.9 Å². The number of thiocarbonyl (C=S) groups is 1. The van der Waals surface area contributed by atoms with Gasteiger partial charge in [-0.2, -0.15) is 0 Å². The molecule has 0 bridgehead atoms. The topological polar surface area (TPSA) is 85.8 Å². The van der Waals surface area contributed by atoms with Gasteiger partial charge in [-0.05, 0) is 41.5 Å². The fourth-order valence-electron chi connectivity index (χ4n) is 2.99. The van der Waals surface area contributed by atoms with Crippen molar-refractivity contribution in [2.75, 3.05) is 0 Å². The molecule has 32 heavy (non-hydrogen) atoms. The third-order valence-corrected chi connectivity index (χ3v) is 6.21. The molecule has 0 saturated carbocycles. The van der Waals surface area contributed by atoms with Gasteiger partial charge in [-0.15, -0.1) is 0 Å². The predicted octanol–water partition coefficient (Wildman–Crippen LogP) is 5.82. The van der Waals surface area contributed by atoms with Crippen molar-refractivity contribution in [3.05, 3.63) is 97.8 Å². The van der Waals surface area contributed by atoms with Crippen LogP contribution >= 0.6 is 35.6 Å². The molecule has 162 valence electrons. The normalized spacial score (nSPS) is 14.9. The average Bonchev–Trinajstić information content (AvgIpc) is 3.37. The molecule has 0 unspecified atom stereocenters. The molecule has 1 saturated heterocycles. The lowest BCUT2D eigenvalue weighted by atomic mass is 10.2. The Morgan fingerprint density at radius 2 is 2.06 bits per heavy atom. The largest absolute Gasteiger partial charge is 0.487 e. The van der Waals surface area contributed by atoms with Gasteiger partial charge in [0.05, 0.1) is 27.7 Å². The zero-order valence-electron chi connectivity index (χ0n) is 16.4. The zero-order valence-corrected chi connectivity index (χ0v) is 18.8. The third-order valence-electron chi connectivity index (χ3n) is 4.54. The minimum atomic E-state index is -0.456. The number of ether oxygens (including phenoxy) is 1. The van der Waals surface area contributed by atoms with Crippen molar-refractivity contribution < 1.29 is 18.9 Å². The van der Waals surface area contributed by atoms with E-state index >= 15 is 0 Å². The lowest BCUT2D eigenvalue weighted by molar-refractivity contribution is -0.384. The molecule has 0 aliphatic carbocycles. The molecule has 3 aromatic rings. The second-order valence-corrected chi connectivity index (χ2v) is 8.84. The van der Waals surface area contributed by atoms with Gasteiger partial charge in [0, 0.05) is 12.1 Å². The number of nitro groups is 1. The highest BCUT2D eigenvalue weighted by molar-refractivity contribution is 8.26. The van der Waals surface area contributed by atoms with E-state index in [4.69, 9.17) is 33.0 Å². The Morgan fingerprint density at radius 3 is 2.78 bits per heavy atom. The Labute approximate surface area is 197 Å². The smallest absolute Gasteiger partial charge is 0.269 e. The van der Waals surface area contributed by atoms with Crippen LogP contribution in [0.3, 0.4) is 0 Å². The Morgan fingerprint density at radius 1 is 1.22 bits per heavy atom. The van der Waals surface area contributed by atoms with Gasteiger partial charge in [0.15, 0.2) is 0 Å². The van der Waals surface area contributed by atoms with Crippen molar-refractivity contribution in [3.8, 4) is 5.75 Å². The van der Waals surface area contributed by atoms with Crippen molar-refractivity contribution in [3.63, 3.8) is 0 Å². The number of nitrogens with zero attached hydrogens (tertiary/aromatic N) is 2. The molecule has 10 heteroatoms. The molecule has 0 N–H and O–H groups in total. The number of benzene rings is 2. The van der Waals surface area contributed by atoms with Crippen molar-refractivity contribution >= 4 is 57.6 Å². The molecule has 1 amide bonds. The van der Waals surface area contributed by atoms with Gasteiger partial charge < -0.3 is 9.15 Å². The fourth-order valence-corrected chi connectivity index (χ4v) is 4.49. The Hall–Kier alpha value is -3.14. The van der Waals surface area contributed by atoms with E-state index in [1.54, 1.807) is 54.8 Å². The second-order valence-electron chi connectivity index (χ2n) is 6.75. The highest BCUT2D eigenvalue weighted by Crippen LogP contribution is 2.35. The number of hydrogen-bond acceptors (Lipinski definition) is 7. The van der Waals surface area contributed by atoms with Crippen LogP contribution in [-0.2, 0) is 17.9 Å². The summed E-state index contributed by atoms with van der Waals surface area (Å²) in [7, 11) is 0. The summed E-state index contributed by atoms with van der Waals surface area (Å²) in [6, 6.07) is 14.9. The summed E-state index contributed by atoms with van der Waals surface area (Å²) in [5.41, 5.74) is 1.37. The molecular weight excluding hydrogens is 472 g/mol. The van der Waals surface area contributed by atoms with Gasteiger partial charge in [-0.1, -0.05) is 53.8 Å². The summed E-state index contributed by atoms with van der Waals surface area (Å²) in [6.07, 6.45) is 3.27. The maximum Gasteiger partial charge on any atom is 0.269 e. The van der Waals surface area contributed by atoms with Crippen LogP contribution in [0.5, 0.6) is 5.75 Å². The predicted molar refractivity (Wildman–Crippen MR) is 126 cm³/mol. The van der Waals surface area contributed by atoms with E-state index in [1.165, 1.54) is 28.8 Å². The summed E-state index contributed by atoms with van der Waals surface area (Å²) < 4.78 is 11.5. The van der Waals surface area contributed by atoms with E-state index in [2.05, 4.69) is 0 Å². The number of rotatable bonds is 7. The molecule has 1 aliphatic rings. The maximum atomic E-state index is 12.7. The first-order chi connectivity index (χ1) is 15.4. The van der Waals surface area contributed by atoms with Gasteiger partial charge in [0.1, 0.15) is 22.4 Å². The molecule has 1 aliphatic heterocycles. The summed E-state index contributed by atoms with van der Waals surface area (Å²) in [4.78, 5) is 25.2. The molecule has 4 rings (SSSR count). The molecule has 2 aromatic carbocycles. The Balaban J connectivity index is 1.44. The van der Waals surface area contributed by atoms with E-state index in [0.717, 1.165) is 5.56 Å². The van der Waals surface area contributed by atoms with Crippen LogP contribution in [-0.4, -0.2) is 20.1 Å². The average molecular weight is 487 g/mol. The summed E-state index contributed by atoms with van der Waals surface area (Å²) in [5.74, 6) is 0.884. The van der Waals surface area contributed by atoms with Gasteiger partial charge in [0.2, 0.25) is 0 Å². The minimum absolute atomic E-state index is 0.00286. The number of carbonyl (C=O) groups is 1. The molecular formula is C22H15ClN2O5S2. The molecule has 0 spiro atoms. The summed E-state index contributed by atoms with van der Waals surface area (Å²) in [5, 5.41) is 11.3. The number of furan rings is 1. The second kappa shape index (κ2) is 9.56. The van der Waals surface area contributed by atoms with Gasteiger partial charge in [-0.3, -0.25) is 19.8 Å². The first-order valence-corrected chi connectivity index (χ1v) is 10.9. The van der Waals surface area contributed by atoms with Crippen LogP contribution < -0.4 is 4.74 Å². The van der Waals surface area contributed by atoms with Gasteiger partial charge in [-0.25, -0.2) is 0 Å². The van der Waals surface area contributed by atoms with Crippen molar-refractivity contribution in [2.24, 2.45) is 0 Å². The number of thioether (sulfide) groups is 1. The van der Waals surface area contributed by atoms with Gasteiger partial charge in [0.25, 0.3) is 11.6 Å². The van der Waals surface area contributed by atoms with Crippen LogP contribution in [0.15, 0.2) is 70.2 Å². The van der Waals surface area contributed by atoms with E-state index in [9.17, 15) is 14.9 Å². The van der Waals surface area contributed by atoms with E-state index in [-0.39, 0.29) is 24.7 Å². The monoisotopic (exact) mass is 486 g/mol. The standard InChI is InChI=1S/C22H15ClN2O5S2/c23-18-10-14(6-7-19(18)30-13-15-3-1-4-16(9-15)25(27)28)11-20-21(26)24(22(31)32-20)12-17-5-2-8-29-17/h1-11H,12-13H2/b20-11-. The van der Waals surface area contributed by atoms with Crippen LogP contribution in [0.25, 0.3) is 6.08 Å². The van der Waals surface area contributed by atoms with Gasteiger partial charge >= 0.3 is 0 Å². The number of halogens is 1. The van der Waals surface area contributed by atoms with E-state index < -0.39 is 4.92 Å². The number of non-ortho nitro benzene ring substituents is 1. The number of amides is 1. The first-order valence-electron chi connectivity index (χ1n) is 9.34. The fraction of sp³-hybridized carbons (Fsp3) is 0.0909. The quantitative estimate of drug-likeness (QED) is 0.180. The van der Waals surface area contributed by atoms with E-state index in [0.29, 0.717) is 31.3 Å². The maximum absolute atomic E-state index is 12.7. The molecule has 0 radical (unpaired) electrons. The van der Waals surface area contributed by atoms with Crippen LogP contribution in [0, 0.1) is 10.1 Å².